The quantitative estimate of drug-likeness (QED) is 0.148. The number of azide groups is 1. The first-order chi connectivity index (χ1) is 14.8. The fourth-order valence-corrected chi connectivity index (χ4v) is 4.39. The lowest BCUT2D eigenvalue weighted by molar-refractivity contribution is -0.185. The fraction of sp³-hybridized carbons (Fsp3) is 0.600. The number of hydrogen-bond donors (Lipinski definition) is 6. The maximum atomic E-state index is 12.6. The second-order valence-corrected chi connectivity index (χ2v) is 8.43. The minimum Gasteiger partial charge on any atom is -0.393 e. The second-order valence-electron chi connectivity index (χ2n) is 8.43. The van der Waals surface area contributed by atoms with Crippen molar-refractivity contribution in [3.8, 4) is 0 Å². The zero-order chi connectivity index (χ0) is 24.5. The number of anilines is 1. The smallest absolute Gasteiger partial charge is 0.317 e. The molecule has 176 valence electrons. The molecule has 2 amide bonds. The van der Waals surface area contributed by atoms with Crippen molar-refractivity contribution in [1.29, 1.82) is 0 Å². The van der Waals surface area contributed by atoms with Crippen molar-refractivity contribution in [2.45, 2.75) is 55.7 Å². The number of nitrogens with zero attached hydrogens (tertiary/aromatic N) is 4. The summed E-state index contributed by atoms with van der Waals surface area (Å²) in [4.78, 5) is 28.3. The van der Waals surface area contributed by atoms with E-state index in [2.05, 4.69) is 20.7 Å². The van der Waals surface area contributed by atoms with Gasteiger partial charge in [-0.25, -0.2) is 4.79 Å². The number of carbonyl (C=O) groups excluding carboxylic acids is 2. The van der Waals surface area contributed by atoms with Crippen molar-refractivity contribution >= 4 is 17.5 Å². The van der Waals surface area contributed by atoms with Crippen molar-refractivity contribution in [1.82, 2.24) is 10.2 Å². The molecule has 12 nitrogen and oxygen atoms in total. The molecule has 12 heteroatoms. The van der Waals surface area contributed by atoms with Gasteiger partial charge in [0.2, 0.25) is 0 Å². The number of ketones is 1. The highest BCUT2D eigenvalue weighted by Gasteiger charge is 2.76. The predicted molar refractivity (Wildman–Crippen MR) is 116 cm³/mol. The standard InChI is InChI=1S/C20H30N6O6/c1-11(28)13-7-6-8-14(9-13)22-15-16(24-25-21)20(12(2)29,23-17(30)26(4)5)18(3,31)19(15,32)10-27/h6-9,12,15-16,22,27,29,31-32H,10H2,1-5H3,(H,23,30)/t12-,15-,16-,18-,19+,20-/m0/s1. The van der Waals surface area contributed by atoms with Gasteiger partial charge in [-0.3, -0.25) is 4.79 Å². The van der Waals surface area contributed by atoms with Gasteiger partial charge in [0.15, 0.2) is 5.78 Å². The largest absolute Gasteiger partial charge is 0.393 e. The molecule has 2 rings (SSSR count). The molecule has 1 aromatic rings. The molecule has 1 aromatic carbocycles. The number of benzene rings is 1. The SMILES string of the molecule is CC(=O)c1cccc(N[C@H]2[C@H](N=[N+]=[N-])[C@@](NC(=O)N(C)C)([C@H](C)O)[C@@](C)(O)[C@@]2(O)CO)c1. The number of aliphatic hydroxyl groups excluding tert-OH is 2. The topological polar surface area (TPSA) is 191 Å². The average Bonchev–Trinajstić information content (AvgIpc) is 2.85. The molecule has 0 aliphatic heterocycles. The number of rotatable bonds is 7. The Balaban J connectivity index is 2.74. The zero-order valence-electron chi connectivity index (χ0n) is 18.6. The number of amides is 2. The van der Waals surface area contributed by atoms with Gasteiger partial charge in [0.05, 0.1) is 24.8 Å². The Morgan fingerprint density at radius 2 is 1.97 bits per heavy atom. The van der Waals surface area contributed by atoms with Gasteiger partial charge in [-0.05, 0) is 38.4 Å². The Morgan fingerprint density at radius 3 is 2.44 bits per heavy atom. The van der Waals surface area contributed by atoms with Crippen LogP contribution in [0.1, 0.15) is 31.1 Å². The number of carbonyl (C=O) groups is 2. The number of urea groups is 1. The highest BCUT2D eigenvalue weighted by atomic mass is 16.4. The summed E-state index contributed by atoms with van der Waals surface area (Å²) in [5.41, 5.74) is 3.05. The van der Waals surface area contributed by atoms with Crippen LogP contribution in [-0.2, 0) is 0 Å². The van der Waals surface area contributed by atoms with E-state index in [1.54, 1.807) is 18.2 Å². The summed E-state index contributed by atoms with van der Waals surface area (Å²) in [6.45, 7) is 2.77. The second kappa shape index (κ2) is 8.93. The van der Waals surface area contributed by atoms with E-state index in [-0.39, 0.29) is 5.78 Å². The van der Waals surface area contributed by atoms with E-state index in [9.17, 15) is 35.5 Å². The van der Waals surface area contributed by atoms with Crippen molar-refractivity contribution in [2.24, 2.45) is 5.11 Å². The molecule has 1 aliphatic rings. The van der Waals surface area contributed by atoms with E-state index in [0.29, 0.717) is 11.3 Å². The number of aliphatic hydroxyl groups is 4. The maximum Gasteiger partial charge on any atom is 0.317 e. The molecule has 0 bridgehead atoms. The van der Waals surface area contributed by atoms with E-state index in [1.165, 1.54) is 34.0 Å². The average molecular weight is 450 g/mol. The van der Waals surface area contributed by atoms with Gasteiger partial charge >= 0.3 is 6.03 Å². The molecule has 0 heterocycles. The highest BCUT2D eigenvalue weighted by molar-refractivity contribution is 5.94. The summed E-state index contributed by atoms with van der Waals surface area (Å²) >= 11 is 0. The van der Waals surface area contributed by atoms with Gasteiger partial charge in [0.1, 0.15) is 16.7 Å². The zero-order valence-corrected chi connectivity index (χ0v) is 18.6. The van der Waals surface area contributed by atoms with Gasteiger partial charge in [-0.2, -0.15) is 0 Å². The number of hydrogen-bond acceptors (Lipinski definition) is 8. The van der Waals surface area contributed by atoms with Crippen LogP contribution in [0.2, 0.25) is 0 Å². The van der Waals surface area contributed by atoms with E-state index in [1.807, 2.05) is 0 Å². The molecule has 1 aliphatic carbocycles. The molecule has 1 saturated carbocycles. The summed E-state index contributed by atoms with van der Waals surface area (Å²) in [6.07, 6.45) is -1.54. The van der Waals surface area contributed by atoms with Crippen LogP contribution in [-0.4, -0.2) is 92.8 Å². The molecule has 0 aromatic heterocycles. The van der Waals surface area contributed by atoms with Crippen LogP contribution >= 0.6 is 0 Å². The van der Waals surface area contributed by atoms with E-state index >= 15 is 0 Å². The van der Waals surface area contributed by atoms with Crippen LogP contribution in [0.25, 0.3) is 10.4 Å². The lowest BCUT2D eigenvalue weighted by Gasteiger charge is -2.48. The van der Waals surface area contributed by atoms with Gasteiger partial charge in [-0.15, -0.1) is 0 Å². The summed E-state index contributed by atoms with van der Waals surface area (Å²) < 4.78 is 0. The lowest BCUT2D eigenvalue weighted by Crippen LogP contribution is -2.75. The lowest BCUT2D eigenvalue weighted by atomic mass is 9.73. The first kappa shape index (κ1) is 25.4. The van der Waals surface area contributed by atoms with Gasteiger partial charge in [0, 0.05) is 30.3 Å². The maximum absolute atomic E-state index is 12.6. The van der Waals surface area contributed by atoms with Crippen molar-refractivity contribution in [2.75, 3.05) is 26.0 Å². The molecule has 6 N–H and O–H groups in total. The van der Waals surface area contributed by atoms with Crippen molar-refractivity contribution in [3.05, 3.63) is 40.3 Å². The van der Waals surface area contributed by atoms with Gasteiger partial charge < -0.3 is 36.0 Å². The normalized spacial score (nSPS) is 32.5. The fourth-order valence-electron chi connectivity index (χ4n) is 4.39. The molecule has 0 saturated heterocycles. The third-order valence-electron chi connectivity index (χ3n) is 6.33. The Bertz CT molecular complexity index is 931. The van der Waals surface area contributed by atoms with E-state index < -0.39 is 47.6 Å². The van der Waals surface area contributed by atoms with Crippen LogP contribution in [0.5, 0.6) is 0 Å². The molecule has 0 radical (unpaired) electrons. The third-order valence-corrected chi connectivity index (χ3v) is 6.33. The van der Waals surface area contributed by atoms with E-state index in [4.69, 9.17) is 0 Å². The minimum absolute atomic E-state index is 0.215. The Hall–Kier alpha value is -2.89. The van der Waals surface area contributed by atoms with Crippen LogP contribution in [0, 0.1) is 0 Å². The minimum atomic E-state index is -2.39. The van der Waals surface area contributed by atoms with Crippen LogP contribution in [0.4, 0.5) is 10.5 Å². The molecule has 0 unspecified atom stereocenters. The summed E-state index contributed by atoms with van der Waals surface area (Å²) in [5, 5.41) is 53.0. The molecule has 6 atom stereocenters. The molecular weight excluding hydrogens is 420 g/mol. The van der Waals surface area contributed by atoms with E-state index in [0.717, 1.165) is 11.8 Å². The Labute approximate surface area is 185 Å². The molecule has 0 spiro atoms. The highest BCUT2D eigenvalue weighted by Crippen LogP contribution is 2.51. The number of Topliss-reactive ketones (excluding diaryl/α,β-unsaturated/α-hetero) is 1. The summed E-state index contributed by atoms with van der Waals surface area (Å²) in [7, 11) is 2.86. The molecular formula is C20H30N6O6. The summed E-state index contributed by atoms with van der Waals surface area (Å²) in [6, 6.07) is 2.66. The van der Waals surface area contributed by atoms with Crippen molar-refractivity contribution < 1.29 is 30.0 Å². The Kier molecular flexibility index (Phi) is 7.08. The summed E-state index contributed by atoms with van der Waals surface area (Å²) in [5.74, 6) is -0.215. The van der Waals surface area contributed by atoms with Gasteiger partial charge in [-0.1, -0.05) is 17.2 Å². The first-order valence-electron chi connectivity index (χ1n) is 9.95. The van der Waals surface area contributed by atoms with Crippen LogP contribution in [0.3, 0.4) is 0 Å². The third kappa shape index (κ3) is 3.76. The molecule has 1 fully saturated rings. The predicted octanol–water partition coefficient (Wildman–Crippen LogP) is 0.227. The molecule has 32 heavy (non-hydrogen) atoms. The Morgan fingerprint density at radius 1 is 1.34 bits per heavy atom. The number of nitrogens with one attached hydrogen (secondary N) is 2. The van der Waals surface area contributed by atoms with Crippen molar-refractivity contribution in [3.63, 3.8) is 0 Å². The van der Waals surface area contributed by atoms with Crippen LogP contribution < -0.4 is 10.6 Å². The van der Waals surface area contributed by atoms with Crippen LogP contribution in [0.15, 0.2) is 29.4 Å². The first-order valence-corrected chi connectivity index (χ1v) is 9.95. The van der Waals surface area contributed by atoms with Gasteiger partial charge in [0.25, 0.3) is 0 Å². The monoisotopic (exact) mass is 450 g/mol.